The molecular formula is C17H26N2O3. The fraction of sp³-hybridized carbons (Fsp3) is 0.588. The van der Waals surface area contributed by atoms with Crippen LogP contribution >= 0.6 is 0 Å². The molecule has 1 saturated heterocycles. The summed E-state index contributed by atoms with van der Waals surface area (Å²) in [7, 11) is 1.65. The van der Waals surface area contributed by atoms with E-state index in [0.717, 1.165) is 0 Å². The molecule has 22 heavy (non-hydrogen) atoms. The van der Waals surface area contributed by atoms with Gasteiger partial charge in [0.2, 0.25) is 5.91 Å². The number of nitrogens with one attached hydrogen (secondary N) is 1. The number of carbonyl (C=O) groups is 1. The van der Waals surface area contributed by atoms with Crippen molar-refractivity contribution in [2.75, 3.05) is 40.0 Å². The monoisotopic (exact) mass is 306 g/mol. The van der Waals surface area contributed by atoms with Crippen LogP contribution in [0.25, 0.3) is 0 Å². The van der Waals surface area contributed by atoms with Gasteiger partial charge in [-0.2, -0.15) is 0 Å². The van der Waals surface area contributed by atoms with E-state index in [0.29, 0.717) is 32.8 Å². The Balaban J connectivity index is 1.96. The number of morpholine rings is 1. The molecule has 0 radical (unpaired) electrons. The SMILES string of the molecule is COCCNCC(=O)N1C[C@H](c2ccccc2C)OC[C@H]1C. The maximum atomic E-state index is 12.4. The minimum Gasteiger partial charge on any atom is -0.383 e. The highest BCUT2D eigenvalue weighted by molar-refractivity contribution is 5.78. The number of hydrogen-bond donors (Lipinski definition) is 1. The fourth-order valence-electron chi connectivity index (χ4n) is 2.71. The van der Waals surface area contributed by atoms with E-state index in [4.69, 9.17) is 9.47 Å². The maximum absolute atomic E-state index is 12.4. The Kier molecular flexibility index (Phi) is 6.36. The van der Waals surface area contributed by atoms with E-state index in [-0.39, 0.29) is 18.1 Å². The first-order valence-electron chi connectivity index (χ1n) is 7.79. The van der Waals surface area contributed by atoms with E-state index >= 15 is 0 Å². The number of methoxy groups -OCH3 is 1. The van der Waals surface area contributed by atoms with Crippen LogP contribution in [0.4, 0.5) is 0 Å². The second-order valence-corrected chi connectivity index (χ2v) is 5.74. The van der Waals surface area contributed by atoms with Crippen molar-refractivity contribution in [3.05, 3.63) is 35.4 Å². The van der Waals surface area contributed by atoms with Crippen molar-refractivity contribution < 1.29 is 14.3 Å². The topological polar surface area (TPSA) is 50.8 Å². The molecule has 0 spiro atoms. The van der Waals surface area contributed by atoms with E-state index in [1.807, 2.05) is 24.0 Å². The number of carbonyl (C=O) groups excluding carboxylic acids is 1. The molecule has 1 N–H and O–H groups in total. The Morgan fingerprint density at radius 3 is 2.95 bits per heavy atom. The molecule has 1 amide bonds. The second-order valence-electron chi connectivity index (χ2n) is 5.74. The second kappa shape index (κ2) is 8.27. The van der Waals surface area contributed by atoms with Crippen molar-refractivity contribution in [1.29, 1.82) is 0 Å². The summed E-state index contributed by atoms with van der Waals surface area (Å²) < 4.78 is 10.9. The summed E-state index contributed by atoms with van der Waals surface area (Å²) in [6, 6.07) is 8.30. The lowest BCUT2D eigenvalue weighted by Gasteiger charge is -2.38. The van der Waals surface area contributed by atoms with Gasteiger partial charge < -0.3 is 19.7 Å². The maximum Gasteiger partial charge on any atom is 0.236 e. The lowest BCUT2D eigenvalue weighted by molar-refractivity contribution is -0.143. The van der Waals surface area contributed by atoms with Gasteiger partial charge in [-0.25, -0.2) is 0 Å². The van der Waals surface area contributed by atoms with E-state index in [2.05, 4.69) is 24.4 Å². The minimum atomic E-state index is -0.0414. The first-order chi connectivity index (χ1) is 10.6. The molecule has 0 unspecified atom stereocenters. The van der Waals surface area contributed by atoms with Crippen LogP contribution in [-0.2, 0) is 14.3 Å². The zero-order valence-electron chi connectivity index (χ0n) is 13.7. The highest BCUT2D eigenvalue weighted by Crippen LogP contribution is 2.27. The van der Waals surface area contributed by atoms with Crippen LogP contribution in [0.3, 0.4) is 0 Å². The van der Waals surface area contributed by atoms with E-state index in [9.17, 15) is 4.79 Å². The van der Waals surface area contributed by atoms with Crippen LogP contribution in [-0.4, -0.2) is 56.8 Å². The van der Waals surface area contributed by atoms with Gasteiger partial charge in [0, 0.05) is 13.7 Å². The summed E-state index contributed by atoms with van der Waals surface area (Å²) in [5, 5.41) is 3.11. The number of aryl methyl sites for hydroxylation is 1. The summed E-state index contributed by atoms with van der Waals surface area (Å²) in [5.41, 5.74) is 2.37. The van der Waals surface area contributed by atoms with Crippen LogP contribution in [0.2, 0.25) is 0 Å². The minimum absolute atomic E-state index is 0.0414. The molecule has 122 valence electrons. The van der Waals surface area contributed by atoms with Gasteiger partial charge in [-0.3, -0.25) is 4.79 Å². The third-order valence-corrected chi connectivity index (χ3v) is 4.05. The Morgan fingerprint density at radius 1 is 1.45 bits per heavy atom. The van der Waals surface area contributed by atoms with Gasteiger partial charge >= 0.3 is 0 Å². The van der Waals surface area contributed by atoms with Crippen molar-refractivity contribution >= 4 is 5.91 Å². The van der Waals surface area contributed by atoms with Crippen molar-refractivity contribution in [3.63, 3.8) is 0 Å². The lowest BCUT2D eigenvalue weighted by Crippen LogP contribution is -2.51. The summed E-state index contributed by atoms with van der Waals surface area (Å²) in [4.78, 5) is 14.3. The van der Waals surface area contributed by atoms with Gasteiger partial charge in [0.15, 0.2) is 0 Å². The van der Waals surface area contributed by atoms with Crippen molar-refractivity contribution in [2.45, 2.75) is 26.0 Å². The van der Waals surface area contributed by atoms with E-state index in [1.54, 1.807) is 7.11 Å². The quantitative estimate of drug-likeness (QED) is 0.810. The zero-order valence-corrected chi connectivity index (χ0v) is 13.7. The molecule has 1 aromatic rings. The van der Waals surface area contributed by atoms with Gasteiger partial charge in [-0.15, -0.1) is 0 Å². The van der Waals surface area contributed by atoms with Crippen molar-refractivity contribution in [3.8, 4) is 0 Å². The van der Waals surface area contributed by atoms with Gasteiger partial charge in [0.25, 0.3) is 0 Å². The summed E-state index contributed by atoms with van der Waals surface area (Å²) >= 11 is 0. The fourth-order valence-corrected chi connectivity index (χ4v) is 2.71. The zero-order chi connectivity index (χ0) is 15.9. The highest BCUT2D eigenvalue weighted by Gasteiger charge is 2.30. The van der Waals surface area contributed by atoms with Gasteiger partial charge in [-0.05, 0) is 25.0 Å². The molecule has 0 aliphatic carbocycles. The molecular weight excluding hydrogens is 280 g/mol. The molecule has 0 aromatic heterocycles. The van der Waals surface area contributed by atoms with E-state index < -0.39 is 0 Å². The average molecular weight is 306 g/mol. The van der Waals surface area contributed by atoms with Crippen molar-refractivity contribution in [1.82, 2.24) is 10.2 Å². The van der Waals surface area contributed by atoms with Crippen LogP contribution in [0.1, 0.15) is 24.2 Å². The molecule has 2 atom stereocenters. The molecule has 2 rings (SSSR count). The average Bonchev–Trinajstić information content (AvgIpc) is 2.52. The van der Waals surface area contributed by atoms with Gasteiger partial charge in [0.1, 0.15) is 6.10 Å². The molecule has 1 aliphatic rings. The van der Waals surface area contributed by atoms with Crippen molar-refractivity contribution in [2.24, 2.45) is 0 Å². The number of amides is 1. The predicted octanol–water partition coefficient (Wildman–Crippen LogP) is 1.52. The first kappa shape index (κ1) is 16.9. The van der Waals surface area contributed by atoms with Crippen LogP contribution in [0.15, 0.2) is 24.3 Å². The normalized spacial score (nSPS) is 21.9. The van der Waals surface area contributed by atoms with Crippen LogP contribution in [0, 0.1) is 6.92 Å². The standard InChI is InChI=1S/C17H26N2O3/c1-13-6-4-5-7-15(13)16-11-19(14(2)12-22-16)17(20)10-18-8-9-21-3/h4-7,14,16,18H,8-12H2,1-3H3/t14-,16-/m1/s1. The summed E-state index contributed by atoms with van der Waals surface area (Å²) in [5.74, 6) is 0.116. The largest absolute Gasteiger partial charge is 0.383 e. The van der Waals surface area contributed by atoms with Crippen LogP contribution < -0.4 is 5.32 Å². The molecule has 1 aromatic carbocycles. The van der Waals surface area contributed by atoms with Gasteiger partial charge in [0.05, 0.1) is 32.3 Å². The Hall–Kier alpha value is -1.43. The summed E-state index contributed by atoms with van der Waals surface area (Å²) in [6.07, 6.45) is -0.0414. The first-order valence-corrected chi connectivity index (χ1v) is 7.79. The Morgan fingerprint density at radius 2 is 2.23 bits per heavy atom. The Bertz CT molecular complexity index is 493. The molecule has 1 aliphatic heterocycles. The highest BCUT2D eigenvalue weighted by atomic mass is 16.5. The number of nitrogens with zero attached hydrogens (tertiary/aromatic N) is 1. The summed E-state index contributed by atoms with van der Waals surface area (Å²) in [6.45, 7) is 6.92. The van der Waals surface area contributed by atoms with E-state index in [1.165, 1.54) is 11.1 Å². The molecule has 0 bridgehead atoms. The number of benzene rings is 1. The molecule has 1 heterocycles. The van der Waals surface area contributed by atoms with Gasteiger partial charge in [-0.1, -0.05) is 24.3 Å². The predicted molar refractivity (Wildman–Crippen MR) is 85.8 cm³/mol. The third-order valence-electron chi connectivity index (χ3n) is 4.05. The molecule has 0 saturated carbocycles. The molecule has 5 heteroatoms. The lowest BCUT2D eigenvalue weighted by atomic mass is 10.0. The smallest absolute Gasteiger partial charge is 0.236 e. The number of ether oxygens (including phenoxy) is 2. The third kappa shape index (κ3) is 4.29. The van der Waals surface area contributed by atoms with Crippen LogP contribution in [0.5, 0.6) is 0 Å². The Labute approximate surface area is 132 Å². The number of rotatable bonds is 6. The molecule has 1 fully saturated rings. The number of hydrogen-bond acceptors (Lipinski definition) is 4. The molecule has 5 nitrogen and oxygen atoms in total.